The lowest BCUT2D eigenvalue weighted by Crippen LogP contribution is -2.52. The van der Waals surface area contributed by atoms with Crippen molar-refractivity contribution in [2.75, 3.05) is 6.54 Å². The number of carboxylic acids is 1. The van der Waals surface area contributed by atoms with Crippen molar-refractivity contribution < 1.29 is 14.7 Å². The van der Waals surface area contributed by atoms with Gasteiger partial charge in [0.2, 0.25) is 5.91 Å². The molecule has 4 nitrogen and oxygen atoms in total. The van der Waals surface area contributed by atoms with Crippen LogP contribution in [-0.2, 0) is 16.0 Å². The Morgan fingerprint density at radius 2 is 1.57 bits per heavy atom. The van der Waals surface area contributed by atoms with Crippen LogP contribution in [0.15, 0.2) is 18.2 Å². The first-order valence-electron chi connectivity index (χ1n) is 10.8. The average molecular weight is 383 g/mol. The van der Waals surface area contributed by atoms with Crippen LogP contribution in [0.2, 0.25) is 0 Å². The van der Waals surface area contributed by atoms with Gasteiger partial charge in [-0.2, -0.15) is 0 Å². The minimum Gasteiger partial charge on any atom is -0.550 e. The Bertz CT molecular complexity index is 714. The number of hydrogen-bond donors (Lipinski definition) is 1. The van der Waals surface area contributed by atoms with Crippen LogP contribution in [-0.4, -0.2) is 18.4 Å². The first kappa shape index (κ1) is 19.5. The van der Waals surface area contributed by atoms with Gasteiger partial charge in [-0.3, -0.25) is 4.79 Å². The van der Waals surface area contributed by atoms with Gasteiger partial charge in [0.05, 0.1) is 0 Å². The predicted octanol–water partition coefficient (Wildman–Crippen LogP) is 2.93. The molecule has 4 bridgehead atoms. The second-order valence-corrected chi connectivity index (χ2v) is 10.1. The Hall–Kier alpha value is -1.84. The lowest BCUT2D eigenvalue weighted by Gasteiger charge is -2.57. The maximum atomic E-state index is 12.9. The maximum Gasteiger partial charge on any atom is 0.223 e. The van der Waals surface area contributed by atoms with E-state index in [2.05, 4.69) is 11.4 Å². The van der Waals surface area contributed by atoms with Gasteiger partial charge in [-0.15, -0.1) is 0 Å². The van der Waals surface area contributed by atoms with Crippen molar-refractivity contribution in [1.82, 2.24) is 5.32 Å². The summed E-state index contributed by atoms with van der Waals surface area (Å²) < 4.78 is 0. The van der Waals surface area contributed by atoms with Gasteiger partial charge in [0.25, 0.3) is 0 Å². The summed E-state index contributed by atoms with van der Waals surface area (Å²) >= 11 is 0. The fourth-order valence-electron chi connectivity index (χ4n) is 6.86. The standard InChI is InChI=1S/C24H33NO3/c1-15-3-16(2)5-17(4-15)9-21(10-22(26)27)23(28)25-14-24-11-18-6-19(12-24)8-20(7-18)13-24/h3-5,18-21H,6-14H2,1-2H3,(H,25,28)(H,26,27)/p-1/t18?,19?,20?,21-,24?/m0/s1. The van der Waals surface area contributed by atoms with Crippen molar-refractivity contribution in [3.63, 3.8) is 0 Å². The molecule has 28 heavy (non-hydrogen) atoms. The number of carbonyl (C=O) groups excluding carboxylic acids is 2. The lowest BCUT2D eigenvalue weighted by molar-refractivity contribution is -0.306. The second kappa shape index (κ2) is 7.53. The van der Waals surface area contributed by atoms with Gasteiger partial charge in [-0.1, -0.05) is 29.3 Å². The summed E-state index contributed by atoms with van der Waals surface area (Å²) in [5, 5.41) is 14.4. The molecule has 4 aliphatic carbocycles. The summed E-state index contributed by atoms with van der Waals surface area (Å²) in [5.74, 6) is 0.686. The fraction of sp³-hybridized carbons (Fsp3) is 0.667. The van der Waals surface area contributed by atoms with E-state index in [1.807, 2.05) is 26.0 Å². The summed E-state index contributed by atoms with van der Waals surface area (Å²) in [6.45, 7) is 4.76. The minimum absolute atomic E-state index is 0.126. The van der Waals surface area contributed by atoms with Gasteiger partial charge in [0, 0.05) is 18.4 Å². The van der Waals surface area contributed by atoms with Gasteiger partial charge in [0.15, 0.2) is 0 Å². The molecule has 0 aliphatic heterocycles. The van der Waals surface area contributed by atoms with Crippen molar-refractivity contribution in [3.05, 3.63) is 34.9 Å². The zero-order valence-corrected chi connectivity index (χ0v) is 17.1. The molecule has 4 aliphatic rings. The molecule has 152 valence electrons. The van der Waals surface area contributed by atoms with E-state index in [4.69, 9.17) is 0 Å². The van der Waals surface area contributed by atoms with E-state index in [0.29, 0.717) is 13.0 Å². The molecule has 0 unspecified atom stereocenters. The molecule has 1 aromatic carbocycles. The highest BCUT2D eigenvalue weighted by atomic mass is 16.4. The van der Waals surface area contributed by atoms with Crippen molar-refractivity contribution in [1.29, 1.82) is 0 Å². The van der Waals surface area contributed by atoms with E-state index in [1.165, 1.54) is 38.5 Å². The molecule has 0 radical (unpaired) electrons. The van der Waals surface area contributed by atoms with Crippen molar-refractivity contribution >= 4 is 11.9 Å². The van der Waals surface area contributed by atoms with Crippen LogP contribution in [0.3, 0.4) is 0 Å². The molecule has 4 heteroatoms. The Morgan fingerprint density at radius 3 is 2.07 bits per heavy atom. The Morgan fingerprint density at radius 1 is 1.04 bits per heavy atom. The smallest absolute Gasteiger partial charge is 0.223 e. The third-order valence-corrected chi connectivity index (χ3v) is 7.35. The topological polar surface area (TPSA) is 69.2 Å². The number of rotatable bonds is 7. The summed E-state index contributed by atoms with van der Waals surface area (Å²) in [6, 6.07) is 6.17. The molecular weight excluding hydrogens is 350 g/mol. The Balaban J connectivity index is 1.42. The third kappa shape index (κ3) is 4.26. The van der Waals surface area contributed by atoms with E-state index in [-0.39, 0.29) is 17.7 Å². The molecule has 4 fully saturated rings. The fourth-order valence-corrected chi connectivity index (χ4v) is 6.86. The van der Waals surface area contributed by atoms with Crippen molar-refractivity contribution in [2.45, 2.75) is 65.2 Å². The van der Waals surface area contributed by atoms with Crippen molar-refractivity contribution in [3.8, 4) is 0 Å². The number of benzene rings is 1. The molecule has 0 saturated heterocycles. The van der Waals surface area contributed by atoms with Gasteiger partial charge in [-0.05, 0) is 93.9 Å². The zero-order valence-electron chi connectivity index (χ0n) is 17.1. The van der Waals surface area contributed by atoms with Crippen LogP contribution in [0.4, 0.5) is 0 Å². The van der Waals surface area contributed by atoms with E-state index < -0.39 is 11.9 Å². The Labute approximate surface area is 168 Å². The average Bonchev–Trinajstić information content (AvgIpc) is 2.56. The summed E-state index contributed by atoms with van der Waals surface area (Å²) in [5.41, 5.74) is 3.55. The first-order valence-corrected chi connectivity index (χ1v) is 10.8. The highest BCUT2D eigenvalue weighted by Crippen LogP contribution is 2.59. The molecule has 4 saturated carbocycles. The van der Waals surface area contributed by atoms with E-state index in [9.17, 15) is 14.7 Å². The van der Waals surface area contributed by atoms with Crippen LogP contribution in [0.1, 0.15) is 61.6 Å². The summed E-state index contributed by atoms with van der Waals surface area (Å²) in [4.78, 5) is 24.2. The maximum absolute atomic E-state index is 12.9. The highest BCUT2D eigenvalue weighted by Gasteiger charge is 2.50. The number of carboxylic acid groups (broad SMARTS) is 1. The minimum atomic E-state index is -1.15. The van der Waals surface area contributed by atoms with Crippen LogP contribution < -0.4 is 10.4 Å². The lowest BCUT2D eigenvalue weighted by atomic mass is 9.49. The van der Waals surface area contributed by atoms with Gasteiger partial charge in [-0.25, -0.2) is 0 Å². The monoisotopic (exact) mass is 382 g/mol. The number of carbonyl (C=O) groups is 2. The van der Waals surface area contributed by atoms with Crippen LogP contribution in [0.5, 0.6) is 0 Å². The van der Waals surface area contributed by atoms with E-state index >= 15 is 0 Å². The molecule has 1 atom stereocenters. The summed E-state index contributed by atoms with van der Waals surface area (Å²) in [7, 11) is 0. The number of aliphatic carboxylic acids is 1. The molecule has 0 heterocycles. The molecule has 0 spiro atoms. The van der Waals surface area contributed by atoms with Crippen LogP contribution >= 0.6 is 0 Å². The van der Waals surface area contributed by atoms with Crippen LogP contribution in [0, 0.1) is 42.9 Å². The number of amides is 1. The molecule has 1 N–H and O–H groups in total. The Kier molecular flexibility index (Phi) is 5.24. The molecule has 1 aromatic rings. The van der Waals surface area contributed by atoms with E-state index in [0.717, 1.165) is 34.4 Å². The number of hydrogen-bond acceptors (Lipinski definition) is 3. The normalized spacial score (nSPS) is 31.6. The van der Waals surface area contributed by atoms with Crippen molar-refractivity contribution in [2.24, 2.45) is 29.1 Å². The van der Waals surface area contributed by atoms with Gasteiger partial charge in [0.1, 0.15) is 0 Å². The largest absolute Gasteiger partial charge is 0.550 e. The molecule has 5 rings (SSSR count). The first-order chi connectivity index (χ1) is 13.3. The quantitative estimate of drug-likeness (QED) is 0.788. The van der Waals surface area contributed by atoms with E-state index in [1.54, 1.807) is 0 Å². The van der Waals surface area contributed by atoms with Crippen LogP contribution in [0.25, 0.3) is 0 Å². The highest BCUT2D eigenvalue weighted by molar-refractivity contribution is 5.83. The molecule has 0 aromatic heterocycles. The predicted molar refractivity (Wildman–Crippen MR) is 106 cm³/mol. The number of aryl methyl sites for hydroxylation is 2. The third-order valence-electron chi connectivity index (χ3n) is 7.35. The zero-order chi connectivity index (χ0) is 19.9. The summed E-state index contributed by atoms with van der Waals surface area (Å²) in [6.07, 6.45) is 8.08. The number of nitrogens with one attached hydrogen (secondary N) is 1. The molecular formula is C24H32NO3-. The van der Waals surface area contributed by atoms with Gasteiger partial charge < -0.3 is 15.2 Å². The second-order valence-electron chi connectivity index (χ2n) is 10.1. The van der Waals surface area contributed by atoms with Gasteiger partial charge >= 0.3 is 0 Å². The molecule has 1 amide bonds. The SMILES string of the molecule is Cc1cc(C)cc(C[C@@H](CC(=O)[O-])C(=O)NCC23CC4CC(CC(C4)C2)C3)c1.